The molecule has 1 rings (SSSR count). The van der Waals surface area contributed by atoms with E-state index in [1.54, 1.807) is 5.41 Å². The first kappa shape index (κ1) is 5.98. The van der Waals surface area contributed by atoms with Crippen LogP contribution < -0.4 is 0 Å². The third-order valence-corrected chi connectivity index (χ3v) is 2.06. The Hall–Kier alpha value is -0.150. The van der Waals surface area contributed by atoms with Gasteiger partial charge in [-0.15, -0.1) is 11.8 Å². The van der Waals surface area contributed by atoms with Crippen molar-refractivity contribution in [3.05, 3.63) is 11.1 Å². The lowest BCUT2D eigenvalue weighted by Gasteiger charge is -2.03. The van der Waals surface area contributed by atoms with Crippen LogP contribution in [0.5, 0.6) is 0 Å². The van der Waals surface area contributed by atoms with Crippen LogP contribution in [0.4, 0.5) is 0 Å². The standard InChI is InChI=1S/C4H4ClNOS/c5-6-3-8-2-4(6)1-7/h1-2H,3H2. The minimum Gasteiger partial charge on any atom is -0.296 e. The van der Waals surface area contributed by atoms with Crippen molar-refractivity contribution >= 4 is 29.8 Å². The normalized spacial score (nSPS) is 18.6. The first-order chi connectivity index (χ1) is 3.84. The van der Waals surface area contributed by atoms with Crippen molar-refractivity contribution in [1.82, 2.24) is 4.42 Å². The predicted octanol–water partition coefficient (Wildman–Crippen LogP) is 1.19. The maximum atomic E-state index is 10.0. The number of aldehydes is 1. The van der Waals surface area contributed by atoms with E-state index in [4.69, 9.17) is 11.8 Å². The van der Waals surface area contributed by atoms with E-state index in [9.17, 15) is 4.79 Å². The summed E-state index contributed by atoms with van der Waals surface area (Å²) in [5.41, 5.74) is 0.552. The highest BCUT2D eigenvalue weighted by Crippen LogP contribution is 2.22. The van der Waals surface area contributed by atoms with E-state index < -0.39 is 0 Å². The smallest absolute Gasteiger partial charge is 0.167 e. The molecular formula is C4H4ClNOS. The minimum atomic E-state index is 0.552. The molecule has 0 aromatic rings. The Morgan fingerprint density at radius 1 is 2.00 bits per heavy atom. The fourth-order valence-corrected chi connectivity index (χ4v) is 1.43. The Balaban J connectivity index is 2.62. The molecule has 2 nitrogen and oxygen atoms in total. The first-order valence-corrected chi connectivity index (χ1v) is 3.43. The van der Waals surface area contributed by atoms with Crippen molar-refractivity contribution in [3.63, 3.8) is 0 Å². The van der Waals surface area contributed by atoms with Crippen LogP contribution in [-0.4, -0.2) is 16.6 Å². The summed E-state index contributed by atoms with van der Waals surface area (Å²) in [5.74, 6) is 0.676. The lowest BCUT2D eigenvalue weighted by atomic mass is 10.6. The third kappa shape index (κ3) is 0.980. The molecule has 0 spiro atoms. The summed E-state index contributed by atoms with van der Waals surface area (Å²) in [6.07, 6.45) is 0.743. The molecular weight excluding hydrogens is 146 g/mol. The molecule has 0 saturated heterocycles. The molecule has 0 unspecified atom stereocenters. The molecule has 8 heavy (non-hydrogen) atoms. The Kier molecular flexibility index (Phi) is 1.81. The maximum absolute atomic E-state index is 10.0. The lowest BCUT2D eigenvalue weighted by Crippen LogP contribution is -2.04. The van der Waals surface area contributed by atoms with Crippen LogP contribution >= 0.6 is 23.5 Å². The molecule has 0 N–H and O–H groups in total. The zero-order valence-corrected chi connectivity index (χ0v) is 5.58. The molecule has 0 aromatic carbocycles. The summed E-state index contributed by atoms with van der Waals surface area (Å²) >= 11 is 7.01. The topological polar surface area (TPSA) is 20.3 Å². The quantitative estimate of drug-likeness (QED) is 0.413. The molecule has 0 bridgehead atoms. The van der Waals surface area contributed by atoms with E-state index in [1.807, 2.05) is 0 Å². The number of hydrogen-bond donors (Lipinski definition) is 0. The number of hydrogen-bond acceptors (Lipinski definition) is 3. The van der Waals surface area contributed by atoms with Crippen LogP contribution in [0, 0.1) is 0 Å². The van der Waals surface area contributed by atoms with Gasteiger partial charge < -0.3 is 0 Å². The van der Waals surface area contributed by atoms with Crippen molar-refractivity contribution in [2.75, 3.05) is 5.88 Å². The van der Waals surface area contributed by atoms with Crippen LogP contribution in [0.1, 0.15) is 0 Å². The van der Waals surface area contributed by atoms with E-state index in [2.05, 4.69) is 0 Å². The molecule has 0 radical (unpaired) electrons. The first-order valence-electron chi connectivity index (χ1n) is 2.05. The third-order valence-electron chi connectivity index (χ3n) is 0.793. The molecule has 0 saturated carbocycles. The van der Waals surface area contributed by atoms with Crippen molar-refractivity contribution in [1.29, 1.82) is 0 Å². The molecule has 0 aliphatic carbocycles. The van der Waals surface area contributed by atoms with Gasteiger partial charge in [0.2, 0.25) is 0 Å². The molecule has 0 atom stereocenters. The van der Waals surface area contributed by atoms with Gasteiger partial charge in [0.15, 0.2) is 6.29 Å². The number of rotatable bonds is 1. The van der Waals surface area contributed by atoms with E-state index in [0.717, 1.165) is 6.29 Å². The zero-order valence-electron chi connectivity index (χ0n) is 4.00. The largest absolute Gasteiger partial charge is 0.296 e. The highest BCUT2D eigenvalue weighted by Gasteiger charge is 2.10. The number of allylic oxidation sites excluding steroid dienone is 1. The SMILES string of the molecule is O=CC1=CSCN1Cl. The van der Waals surface area contributed by atoms with Crippen LogP contribution in [0.2, 0.25) is 0 Å². The Morgan fingerprint density at radius 2 is 2.75 bits per heavy atom. The van der Waals surface area contributed by atoms with E-state index in [0.29, 0.717) is 11.6 Å². The molecule has 0 aromatic heterocycles. The van der Waals surface area contributed by atoms with Crippen molar-refractivity contribution in [2.24, 2.45) is 0 Å². The fourth-order valence-electron chi connectivity index (χ4n) is 0.405. The van der Waals surface area contributed by atoms with Crippen molar-refractivity contribution in [2.45, 2.75) is 0 Å². The van der Waals surface area contributed by atoms with Gasteiger partial charge in [0.1, 0.15) is 0 Å². The number of carbonyl (C=O) groups excluding carboxylic acids is 1. The van der Waals surface area contributed by atoms with Gasteiger partial charge in [-0.25, -0.2) is 0 Å². The molecule has 44 valence electrons. The summed E-state index contributed by atoms with van der Waals surface area (Å²) in [6, 6.07) is 0. The predicted molar refractivity (Wildman–Crippen MR) is 34.3 cm³/mol. The van der Waals surface area contributed by atoms with Gasteiger partial charge in [0.05, 0.1) is 11.6 Å². The summed E-state index contributed by atoms with van der Waals surface area (Å²) < 4.78 is 1.39. The van der Waals surface area contributed by atoms with Gasteiger partial charge in [-0.2, -0.15) is 0 Å². The second-order valence-electron chi connectivity index (χ2n) is 1.32. The lowest BCUT2D eigenvalue weighted by molar-refractivity contribution is -0.105. The monoisotopic (exact) mass is 149 g/mol. The molecule has 0 fully saturated rings. The minimum absolute atomic E-state index is 0.552. The molecule has 0 amide bonds. The average Bonchev–Trinajstić information content (AvgIpc) is 2.14. The summed E-state index contributed by atoms with van der Waals surface area (Å²) in [4.78, 5) is 10.0. The van der Waals surface area contributed by atoms with E-state index in [1.165, 1.54) is 16.2 Å². The van der Waals surface area contributed by atoms with Gasteiger partial charge in [-0.05, 0) is 0 Å². The Labute approximate surface area is 56.6 Å². The molecule has 1 aliphatic heterocycles. The van der Waals surface area contributed by atoms with Crippen LogP contribution in [0.25, 0.3) is 0 Å². The number of nitrogens with zero attached hydrogens (tertiary/aromatic N) is 1. The van der Waals surface area contributed by atoms with Gasteiger partial charge in [0, 0.05) is 17.2 Å². The molecule has 4 heteroatoms. The van der Waals surface area contributed by atoms with Gasteiger partial charge in [-0.3, -0.25) is 9.21 Å². The summed E-state index contributed by atoms with van der Waals surface area (Å²) in [7, 11) is 0. The van der Waals surface area contributed by atoms with Gasteiger partial charge >= 0.3 is 0 Å². The number of halogens is 1. The summed E-state index contributed by atoms with van der Waals surface area (Å²) in [6.45, 7) is 0. The Bertz CT molecular complexity index is 136. The highest BCUT2D eigenvalue weighted by atomic mass is 35.5. The zero-order chi connectivity index (χ0) is 5.98. The van der Waals surface area contributed by atoms with E-state index in [-0.39, 0.29) is 0 Å². The van der Waals surface area contributed by atoms with Crippen LogP contribution in [0.15, 0.2) is 11.1 Å². The van der Waals surface area contributed by atoms with Crippen molar-refractivity contribution < 1.29 is 4.79 Å². The number of carbonyl (C=O) groups is 1. The maximum Gasteiger partial charge on any atom is 0.167 e. The second kappa shape index (κ2) is 2.42. The summed E-state index contributed by atoms with van der Waals surface area (Å²) in [5, 5.41) is 1.74. The molecule has 1 aliphatic rings. The highest BCUT2D eigenvalue weighted by molar-refractivity contribution is 8.02. The fraction of sp³-hybridized carbons (Fsp3) is 0.250. The second-order valence-corrected chi connectivity index (χ2v) is 2.55. The average molecular weight is 150 g/mol. The van der Waals surface area contributed by atoms with Gasteiger partial charge in [0.25, 0.3) is 0 Å². The van der Waals surface area contributed by atoms with Crippen LogP contribution in [-0.2, 0) is 4.79 Å². The number of thioether (sulfide) groups is 1. The Morgan fingerprint density at radius 3 is 3.00 bits per heavy atom. The van der Waals surface area contributed by atoms with Gasteiger partial charge in [-0.1, -0.05) is 0 Å². The van der Waals surface area contributed by atoms with E-state index >= 15 is 0 Å². The van der Waals surface area contributed by atoms with Crippen molar-refractivity contribution in [3.8, 4) is 0 Å². The van der Waals surface area contributed by atoms with Crippen LogP contribution in [0.3, 0.4) is 0 Å². The molecule has 1 heterocycles.